The number of hydrogen-bond acceptors (Lipinski definition) is 3. The minimum Gasteiger partial charge on any atom is -0.395 e. The van der Waals surface area contributed by atoms with Crippen molar-refractivity contribution in [3.63, 3.8) is 0 Å². The molecular formula is C12H25BrO3Si. The maximum absolute atomic E-state index is 11.8. The van der Waals surface area contributed by atoms with Crippen molar-refractivity contribution in [2.75, 3.05) is 13.2 Å². The Morgan fingerprint density at radius 1 is 1.24 bits per heavy atom. The Labute approximate surface area is 115 Å². The highest BCUT2D eigenvalue weighted by Gasteiger charge is 2.31. The van der Waals surface area contributed by atoms with E-state index in [1.54, 1.807) is 0 Å². The molecule has 102 valence electrons. The lowest BCUT2D eigenvalue weighted by molar-refractivity contribution is -0.120. The molecule has 0 heterocycles. The van der Waals surface area contributed by atoms with Crippen molar-refractivity contribution in [3.05, 3.63) is 0 Å². The zero-order valence-electron chi connectivity index (χ0n) is 11.6. The first-order valence-corrected chi connectivity index (χ1v) is 9.57. The van der Waals surface area contributed by atoms with Crippen LogP contribution >= 0.6 is 15.9 Å². The third-order valence-corrected chi connectivity index (χ3v) is 6.10. The van der Waals surface area contributed by atoms with E-state index in [0.29, 0.717) is 19.6 Å². The van der Waals surface area contributed by atoms with E-state index in [1.807, 2.05) is 27.7 Å². The molecule has 0 aromatic heterocycles. The Morgan fingerprint density at radius 2 is 1.71 bits per heavy atom. The average Bonchev–Trinajstić information content (AvgIpc) is 2.16. The molecule has 0 saturated carbocycles. The van der Waals surface area contributed by atoms with Gasteiger partial charge >= 0.3 is 8.56 Å². The van der Waals surface area contributed by atoms with Crippen LogP contribution in [-0.2, 0) is 13.6 Å². The highest BCUT2D eigenvalue weighted by molar-refractivity contribution is 9.10. The van der Waals surface area contributed by atoms with Gasteiger partial charge in [-0.25, -0.2) is 0 Å². The van der Waals surface area contributed by atoms with Crippen LogP contribution in [0, 0.1) is 0 Å². The van der Waals surface area contributed by atoms with Crippen LogP contribution < -0.4 is 0 Å². The Kier molecular flexibility index (Phi) is 7.79. The molecule has 0 aliphatic carbocycles. The fraction of sp³-hybridized carbons (Fsp3) is 0.917. The number of carbonyl (C=O) groups excluding carboxylic acids is 1. The van der Waals surface area contributed by atoms with Gasteiger partial charge in [-0.05, 0) is 46.7 Å². The summed E-state index contributed by atoms with van der Waals surface area (Å²) in [6.45, 7) is 11.2. The monoisotopic (exact) mass is 324 g/mol. The number of carbonyl (C=O) groups is 1. The van der Waals surface area contributed by atoms with Crippen LogP contribution in [0.1, 0.15) is 40.5 Å². The summed E-state index contributed by atoms with van der Waals surface area (Å²) in [7, 11) is -2.04. The Hall–Kier alpha value is 0.287. The average molecular weight is 325 g/mol. The standard InChI is InChI=1S/C12H25BrO3Si/c1-6-15-17(5,16-7-2)10-8-9-11(14)12(3,4)13/h6-10H2,1-5H3. The van der Waals surface area contributed by atoms with Crippen molar-refractivity contribution in [2.24, 2.45) is 0 Å². The van der Waals surface area contributed by atoms with Gasteiger partial charge in [0, 0.05) is 19.6 Å². The van der Waals surface area contributed by atoms with Gasteiger partial charge in [-0.15, -0.1) is 0 Å². The van der Waals surface area contributed by atoms with E-state index in [4.69, 9.17) is 8.85 Å². The number of alkyl halides is 1. The van der Waals surface area contributed by atoms with Gasteiger partial charge in [0.25, 0.3) is 0 Å². The van der Waals surface area contributed by atoms with Crippen LogP contribution in [-0.4, -0.2) is 31.9 Å². The van der Waals surface area contributed by atoms with E-state index in [9.17, 15) is 4.79 Å². The minimum absolute atomic E-state index is 0.238. The van der Waals surface area contributed by atoms with Crippen LogP contribution in [0.4, 0.5) is 0 Å². The summed E-state index contributed by atoms with van der Waals surface area (Å²) in [6.07, 6.45) is 1.43. The summed E-state index contributed by atoms with van der Waals surface area (Å²) in [6, 6.07) is 0.878. The summed E-state index contributed by atoms with van der Waals surface area (Å²) in [4.78, 5) is 11.8. The first kappa shape index (κ1) is 17.3. The summed E-state index contributed by atoms with van der Waals surface area (Å²) in [5.74, 6) is 0.238. The molecular weight excluding hydrogens is 300 g/mol. The third kappa shape index (κ3) is 7.34. The summed E-state index contributed by atoms with van der Waals surface area (Å²) in [5, 5.41) is 0. The lowest BCUT2D eigenvalue weighted by atomic mass is 10.1. The quantitative estimate of drug-likeness (QED) is 0.479. The smallest absolute Gasteiger partial charge is 0.334 e. The molecule has 0 N–H and O–H groups in total. The van der Waals surface area contributed by atoms with Crippen LogP contribution in [0.3, 0.4) is 0 Å². The topological polar surface area (TPSA) is 35.5 Å². The molecule has 0 spiro atoms. The van der Waals surface area contributed by atoms with E-state index in [1.165, 1.54) is 0 Å². The molecule has 0 radical (unpaired) electrons. The molecule has 17 heavy (non-hydrogen) atoms. The van der Waals surface area contributed by atoms with Crippen molar-refractivity contribution in [2.45, 2.75) is 57.5 Å². The number of rotatable bonds is 9. The predicted octanol–water partition coefficient (Wildman–Crippen LogP) is 3.65. The second kappa shape index (κ2) is 7.66. The van der Waals surface area contributed by atoms with Gasteiger partial charge in [-0.2, -0.15) is 0 Å². The minimum atomic E-state index is -2.04. The fourth-order valence-corrected chi connectivity index (χ4v) is 4.27. The van der Waals surface area contributed by atoms with Crippen LogP contribution in [0.5, 0.6) is 0 Å². The zero-order valence-corrected chi connectivity index (χ0v) is 14.2. The van der Waals surface area contributed by atoms with Crippen molar-refractivity contribution in [3.8, 4) is 0 Å². The SMILES string of the molecule is CCO[Si](C)(CCCC(=O)C(C)(C)Br)OCC. The number of halogens is 1. The number of hydrogen-bond donors (Lipinski definition) is 0. The summed E-state index contributed by atoms with van der Waals surface area (Å²) in [5.41, 5.74) is 0. The molecule has 3 nitrogen and oxygen atoms in total. The molecule has 5 heteroatoms. The maximum atomic E-state index is 11.8. The molecule has 0 bridgehead atoms. The molecule has 0 aromatic carbocycles. The van der Waals surface area contributed by atoms with E-state index < -0.39 is 12.9 Å². The van der Waals surface area contributed by atoms with Gasteiger partial charge < -0.3 is 8.85 Å². The van der Waals surface area contributed by atoms with Gasteiger partial charge in [0.1, 0.15) is 5.78 Å². The summed E-state index contributed by atoms with van der Waals surface area (Å²) < 4.78 is 11.0. The van der Waals surface area contributed by atoms with Crippen molar-refractivity contribution in [1.29, 1.82) is 0 Å². The second-order valence-corrected chi connectivity index (χ2v) is 10.1. The highest BCUT2D eigenvalue weighted by Crippen LogP contribution is 2.23. The largest absolute Gasteiger partial charge is 0.395 e. The molecule has 0 aliphatic heterocycles. The molecule has 0 aliphatic rings. The Bertz CT molecular complexity index is 232. The van der Waals surface area contributed by atoms with E-state index in [-0.39, 0.29) is 5.78 Å². The predicted molar refractivity (Wildman–Crippen MR) is 76.9 cm³/mol. The second-order valence-electron chi connectivity index (χ2n) is 4.75. The highest BCUT2D eigenvalue weighted by atomic mass is 79.9. The maximum Gasteiger partial charge on any atom is 0.334 e. The molecule has 0 rings (SSSR count). The van der Waals surface area contributed by atoms with Crippen molar-refractivity contribution in [1.82, 2.24) is 0 Å². The van der Waals surface area contributed by atoms with Gasteiger partial charge in [-0.1, -0.05) is 15.9 Å². The van der Waals surface area contributed by atoms with Crippen LogP contribution in [0.2, 0.25) is 12.6 Å². The lowest BCUT2D eigenvalue weighted by Crippen LogP contribution is -2.39. The number of ketones is 1. The lowest BCUT2D eigenvalue weighted by Gasteiger charge is -2.26. The van der Waals surface area contributed by atoms with Gasteiger partial charge in [-0.3, -0.25) is 4.79 Å². The van der Waals surface area contributed by atoms with Crippen molar-refractivity contribution < 1.29 is 13.6 Å². The molecule has 0 saturated heterocycles. The molecule has 0 aromatic rings. The Balaban J connectivity index is 4.11. The summed E-state index contributed by atoms with van der Waals surface area (Å²) >= 11 is 3.39. The van der Waals surface area contributed by atoms with E-state index in [0.717, 1.165) is 12.5 Å². The Morgan fingerprint density at radius 3 is 2.06 bits per heavy atom. The first-order chi connectivity index (χ1) is 7.75. The molecule has 0 fully saturated rings. The molecule has 0 unspecified atom stereocenters. The van der Waals surface area contributed by atoms with Gasteiger partial charge in [0.15, 0.2) is 0 Å². The first-order valence-electron chi connectivity index (χ1n) is 6.25. The zero-order chi connectivity index (χ0) is 13.5. The van der Waals surface area contributed by atoms with Crippen LogP contribution in [0.25, 0.3) is 0 Å². The molecule has 0 amide bonds. The van der Waals surface area contributed by atoms with E-state index >= 15 is 0 Å². The third-order valence-electron chi connectivity index (χ3n) is 2.60. The van der Waals surface area contributed by atoms with Crippen LogP contribution in [0.15, 0.2) is 0 Å². The molecule has 0 atom stereocenters. The van der Waals surface area contributed by atoms with Gasteiger partial charge in [0.2, 0.25) is 0 Å². The normalized spacial score (nSPS) is 12.8. The number of Topliss-reactive ketones (excluding diaryl/α,β-unsaturated/α-hetero) is 1. The van der Waals surface area contributed by atoms with Crippen molar-refractivity contribution >= 4 is 30.3 Å². The van der Waals surface area contributed by atoms with Gasteiger partial charge in [0.05, 0.1) is 4.32 Å². The fourth-order valence-electron chi connectivity index (χ4n) is 1.66. The van der Waals surface area contributed by atoms with E-state index in [2.05, 4.69) is 22.5 Å².